The van der Waals surface area contributed by atoms with Crippen molar-refractivity contribution in [2.45, 2.75) is 97.8 Å². The van der Waals surface area contributed by atoms with E-state index in [2.05, 4.69) is 0 Å². The van der Waals surface area contributed by atoms with Crippen molar-refractivity contribution in [3.63, 3.8) is 0 Å². The number of nitrogens with two attached hydrogens (primary N) is 1. The van der Waals surface area contributed by atoms with Crippen molar-refractivity contribution in [1.29, 1.82) is 5.26 Å². The Bertz CT molecular complexity index is 681. The van der Waals surface area contributed by atoms with Gasteiger partial charge >= 0.3 is 11.9 Å². The van der Waals surface area contributed by atoms with Crippen LogP contribution in [0, 0.1) is 22.2 Å². The number of carbonyl (C=O) groups excluding carboxylic acids is 3. The Morgan fingerprint density at radius 2 is 1.25 bits per heavy atom. The predicted octanol–water partition coefficient (Wildman–Crippen LogP) is 3.05. The van der Waals surface area contributed by atoms with E-state index < -0.39 is 27.6 Å². The highest BCUT2D eigenvalue weighted by Crippen LogP contribution is 2.54. The molecule has 28 heavy (non-hydrogen) atoms. The van der Waals surface area contributed by atoms with E-state index in [0.29, 0.717) is 25.7 Å². The third-order valence-corrected chi connectivity index (χ3v) is 4.98. The number of nitriles is 1. The molecule has 2 aliphatic carbocycles. The Labute approximate surface area is 167 Å². The number of hydrogen-bond acceptors (Lipinski definition) is 7. The molecule has 2 rings (SSSR count). The molecule has 7 nitrogen and oxygen atoms in total. The van der Waals surface area contributed by atoms with Crippen molar-refractivity contribution >= 4 is 17.7 Å². The molecule has 1 atom stereocenters. The molecule has 0 aliphatic heterocycles. The molecule has 0 amide bonds. The highest BCUT2D eigenvalue weighted by atomic mass is 16.6. The SMILES string of the molecule is CC(=O)C1(C(=O)OC(C)(C)C)CC1.CC(C)(C)OC(=O)C1(C(C)(N)C#N)CC1. The maximum Gasteiger partial charge on any atom is 0.320 e. The third-order valence-electron chi connectivity index (χ3n) is 4.98. The fourth-order valence-corrected chi connectivity index (χ4v) is 2.74. The van der Waals surface area contributed by atoms with Gasteiger partial charge < -0.3 is 15.2 Å². The van der Waals surface area contributed by atoms with Gasteiger partial charge in [-0.15, -0.1) is 0 Å². The number of esters is 2. The highest BCUT2D eigenvalue weighted by Gasteiger charge is 2.63. The zero-order valence-electron chi connectivity index (χ0n) is 18.4. The lowest BCUT2D eigenvalue weighted by Crippen LogP contribution is -2.50. The number of Topliss-reactive ketones (excluding diaryl/α,β-unsaturated/α-hetero) is 1. The van der Waals surface area contributed by atoms with E-state index in [4.69, 9.17) is 20.5 Å². The summed E-state index contributed by atoms with van der Waals surface area (Å²) in [6, 6.07) is 1.99. The highest BCUT2D eigenvalue weighted by molar-refractivity contribution is 6.05. The molecular weight excluding hydrogens is 360 g/mol. The Morgan fingerprint density at radius 3 is 1.50 bits per heavy atom. The van der Waals surface area contributed by atoms with Gasteiger partial charge in [0.05, 0.1) is 11.5 Å². The van der Waals surface area contributed by atoms with E-state index in [1.54, 1.807) is 48.5 Å². The number of ketones is 1. The summed E-state index contributed by atoms with van der Waals surface area (Å²) in [5, 5.41) is 8.93. The summed E-state index contributed by atoms with van der Waals surface area (Å²) in [7, 11) is 0. The first-order chi connectivity index (χ1) is 12.4. The van der Waals surface area contributed by atoms with Gasteiger partial charge in [0.25, 0.3) is 0 Å². The molecule has 2 aliphatic rings. The van der Waals surface area contributed by atoms with Crippen molar-refractivity contribution < 1.29 is 23.9 Å². The molecule has 2 fully saturated rings. The molecule has 0 heterocycles. The second-order valence-corrected chi connectivity index (χ2v) is 10.0. The molecule has 0 radical (unpaired) electrons. The monoisotopic (exact) mass is 394 g/mol. The van der Waals surface area contributed by atoms with Crippen molar-refractivity contribution in [3.05, 3.63) is 0 Å². The van der Waals surface area contributed by atoms with Crippen molar-refractivity contribution in [1.82, 2.24) is 0 Å². The maximum atomic E-state index is 11.9. The van der Waals surface area contributed by atoms with Crippen LogP contribution in [-0.2, 0) is 23.9 Å². The molecule has 0 aromatic heterocycles. The standard InChI is InChI=1S/C11H18N2O2.C10H16O3/c1-9(2,3)15-8(14)11(5-6-11)10(4,13)7-12;1-7(11)10(5-6-10)8(12)13-9(2,3)4/h5-6,13H2,1-4H3;5-6H2,1-4H3. The molecule has 0 aromatic rings. The van der Waals surface area contributed by atoms with Gasteiger partial charge in [0.2, 0.25) is 0 Å². The molecule has 0 saturated heterocycles. The van der Waals surface area contributed by atoms with Gasteiger partial charge in [-0.25, -0.2) is 0 Å². The summed E-state index contributed by atoms with van der Waals surface area (Å²) in [5.41, 5.74) is 2.09. The molecule has 158 valence electrons. The fraction of sp³-hybridized carbons (Fsp3) is 0.810. The minimum Gasteiger partial charge on any atom is -0.459 e. The molecule has 7 heteroatoms. The first-order valence-electron chi connectivity index (χ1n) is 9.61. The third kappa shape index (κ3) is 5.54. The summed E-state index contributed by atoms with van der Waals surface area (Å²) in [6.45, 7) is 13.9. The van der Waals surface area contributed by atoms with Crippen LogP contribution in [0.1, 0.15) is 81.1 Å². The number of carbonyl (C=O) groups is 3. The quantitative estimate of drug-likeness (QED) is 0.575. The van der Waals surface area contributed by atoms with Crippen LogP contribution in [0.25, 0.3) is 0 Å². The van der Waals surface area contributed by atoms with Gasteiger partial charge in [-0.05, 0) is 81.1 Å². The lowest BCUT2D eigenvalue weighted by molar-refractivity contribution is -0.165. The number of rotatable bonds is 4. The van der Waals surface area contributed by atoms with Crippen LogP contribution in [0.15, 0.2) is 0 Å². The average molecular weight is 395 g/mol. The fourth-order valence-electron chi connectivity index (χ4n) is 2.74. The van der Waals surface area contributed by atoms with Crippen LogP contribution in [0.2, 0.25) is 0 Å². The summed E-state index contributed by atoms with van der Waals surface area (Å²) in [4.78, 5) is 34.6. The van der Waals surface area contributed by atoms with E-state index in [9.17, 15) is 14.4 Å². The van der Waals surface area contributed by atoms with Gasteiger partial charge in [0.15, 0.2) is 0 Å². The lowest BCUT2D eigenvalue weighted by Gasteiger charge is -2.29. The number of nitrogens with zero attached hydrogens (tertiary/aromatic N) is 1. The van der Waals surface area contributed by atoms with E-state index in [1.165, 1.54) is 6.92 Å². The van der Waals surface area contributed by atoms with E-state index in [0.717, 1.165) is 0 Å². The van der Waals surface area contributed by atoms with Crippen LogP contribution in [-0.4, -0.2) is 34.5 Å². The Kier molecular flexibility index (Phi) is 6.43. The lowest BCUT2D eigenvalue weighted by atomic mass is 9.84. The zero-order chi connectivity index (χ0) is 22.2. The summed E-state index contributed by atoms with van der Waals surface area (Å²) < 4.78 is 10.4. The Hall–Kier alpha value is -1.94. The maximum absolute atomic E-state index is 11.9. The zero-order valence-corrected chi connectivity index (χ0v) is 18.4. The van der Waals surface area contributed by atoms with E-state index in [-0.39, 0.29) is 17.7 Å². The summed E-state index contributed by atoms with van der Waals surface area (Å²) in [6.07, 6.45) is 2.58. The van der Waals surface area contributed by atoms with Crippen molar-refractivity contribution in [3.8, 4) is 6.07 Å². The summed E-state index contributed by atoms with van der Waals surface area (Å²) >= 11 is 0. The van der Waals surface area contributed by atoms with Gasteiger partial charge in [-0.2, -0.15) is 5.26 Å². The van der Waals surface area contributed by atoms with Gasteiger partial charge in [-0.1, -0.05) is 0 Å². The molecular formula is C21H34N2O5. The van der Waals surface area contributed by atoms with Crippen molar-refractivity contribution in [2.75, 3.05) is 0 Å². The molecule has 2 N–H and O–H groups in total. The van der Waals surface area contributed by atoms with Crippen molar-refractivity contribution in [2.24, 2.45) is 16.6 Å². The van der Waals surface area contributed by atoms with Gasteiger partial charge in [-0.3, -0.25) is 14.4 Å². The smallest absolute Gasteiger partial charge is 0.320 e. The normalized spacial score (nSPS) is 21.0. The minimum atomic E-state index is -1.13. The van der Waals surface area contributed by atoms with Crippen LogP contribution >= 0.6 is 0 Å². The molecule has 1 unspecified atom stereocenters. The topological polar surface area (TPSA) is 119 Å². The van der Waals surface area contributed by atoms with Crippen LogP contribution in [0.5, 0.6) is 0 Å². The molecule has 2 saturated carbocycles. The van der Waals surface area contributed by atoms with Crippen LogP contribution in [0.4, 0.5) is 0 Å². The summed E-state index contributed by atoms with van der Waals surface area (Å²) in [5.74, 6) is -0.768. The predicted molar refractivity (Wildman–Crippen MR) is 104 cm³/mol. The molecule has 0 spiro atoms. The average Bonchev–Trinajstić information content (AvgIpc) is 3.35. The minimum absolute atomic E-state index is 0.0678. The second-order valence-electron chi connectivity index (χ2n) is 10.0. The second kappa shape index (κ2) is 7.47. The van der Waals surface area contributed by atoms with Crippen LogP contribution in [0.3, 0.4) is 0 Å². The molecule has 0 aromatic carbocycles. The van der Waals surface area contributed by atoms with Crippen LogP contribution < -0.4 is 5.73 Å². The van der Waals surface area contributed by atoms with Gasteiger partial charge in [0, 0.05) is 0 Å². The van der Waals surface area contributed by atoms with E-state index >= 15 is 0 Å². The first kappa shape index (κ1) is 24.1. The largest absolute Gasteiger partial charge is 0.459 e. The number of ether oxygens (including phenoxy) is 2. The van der Waals surface area contributed by atoms with Gasteiger partial charge in [0.1, 0.15) is 27.9 Å². The molecule has 0 bridgehead atoms. The number of hydrogen-bond donors (Lipinski definition) is 1. The van der Waals surface area contributed by atoms with E-state index in [1.807, 2.05) is 6.07 Å². The first-order valence-corrected chi connectivity index (χ1v) is 9.61. The Balaban J connectivity index is 0.000000283. The Morgan fingerprint density at radius 1 is 0.857 bits per heavy atom.